The molecular formula is C32H34FN5O5. The first-order valence-electron chi connectivity index (χ1n) is 14.3. The molecule has 0 atom stereocenters. The molecule has 43 heavy (non-hydrogen) atoms. The number of amides is 2. The maximum Gasteiger partial charge on any atom is 0.252 e. The molecule has 0 saturated heterocycles. The van der Waals surface area contributed by atoms with Crippen LogP contribution in [-0.4, -0.2) is 55.9 Å². The second-order valence-corrected chi connectivity index (χ2v) is 12.4. The van der Waals surface area contributed by atoms with E-state index in [2.05, 4.69) is 15.4 Å². The van der Waals surface area contributed by atoms with Gasteiger partial charge in [-0.25, -0.2) is 9.50 Å². The Bertz CT molecular complexity index is 1680. The number of carbonyl (C=O) groups is 2. The van der Waals surface area contributed by atoms with Crippen molar-refractivity contribution in [1.29, 1.82) is 0 Å². The number of nitrogens with zero attached hydrogens (tertiary/aromatic N) is 3. The van der Waals surface area contributed by atoms with Crippen LogP contribution in [0, 0.1) is 11.4 Å². The van der Waals surface area contributed by atoms with Gasteiger partial charge in [-0.1, -0.05) is 12.1 Å². The van der Waals surface area contributed by atoms with E-state index in [1.54, 1.807) is 67.2 Å². The monoisotopic (exact) mass is 587 g/mol. The van der Waals surface area contributed by atoms with Crippen LogP contribution in [0.2, 0.25) is 0 Å². The Morgan fingerprint density at radius 1 is 1.16 bits per heavy atom. The highest BCUT2D eigenvalue weighted by molar-refractivity contribution is 5.96. The molecule has 0 bridgehead atoms. The van der Waals surface area contributed by atoms with Crippen LogP contribution in [0.5, 0.6) is 11.5 Å². The summed E-state index contributed by atoms with van der Waals surface area (Å²) in [4.78, 5) is 28.8. The van der Waals surface area contributed by atoms with Gasteiger partial charge >= 0.3 is 0 Å². The van der Waals surface area contributed by atoms with Crippen LogP contribution in [0.1, 0.15) is 55.5 Å². The van der Waals surface area contributed by atoms with Crippen molar-refractivity contribution in [2.24, 2.45) is 11.1 Å². The minimum atomic E-state index is -0.945. The van der Waals surface area contributed by atoms with E-state index in [-0.39, 0.29) is 42.1 Å². The SMILES string of the molecule is CC(C)(O)COc1ccc2c(CC(=O)NC3CC4(C3)CC(Oc3cc(-c5cccc(F)n5)ccc3C(N)=O)C4)cnn2c1. The van der Waals surface area contributed by atoms with Gasteiger partial charge in [0.15, 0.2) is 0 Å². The summed E-state index contributed by atoms with van der Waals surface area (Å²) in [5, 5.41) is 17.4. The first-order valence-corrected chi connectivity index (χ1v) is 14.3. The van der Waals surface area contributed by atoms with Gasteiger partial charge in [0.1, 0.15) is 18.1 Å². The van der Waals surface area contributed by atoms with E-state index < -0.39 is 17.5 Å². The summed E-state index contributed by atoms with van der Waals surface area (Å²) in [6.45, 7) is 3.50. The Morgan fingerprint density at radius 2 is 1.95 bits per heavy atom. The third-order valence-electron chi connectivity index (χ3n) is 8.11. The fourth-order valence-corrected chi connectivity index (χ4v) is 6.09. The molecule has 0 aliphatic heterocycles. The summed E-state index contributed by atoms with van der Waals surface area (Å²) < 4.78 is 27.1. The predicted octanol–water partition coefficient (Wildman–Crippen LogP) is 3.83. The van der Waals surface area contributed by atoms with E-state index >= 15 is 0 Å². The number of primary amides is 1. The Morgan fingerprint density at radius 3 is 2.67 bits per heavy atom. The molecule has 224 valence electrons. The molecular weight excluding hydrogens is 553 g/mol. The Balaban J connectivity index is 1.00. The summed E-state index contributed by atoms with van der Waals surface area (Å²) in [6, 6.07) is 13.2. The van der Waals surface area contributed by atoms with E-state index in [1.807, 2.05) is 6.07 Å². The van der Waals surface area contributed by atoms with E-state index in [0.717, 1.165) is 36.8 Å². The molecule has 0 radical (unpaired) electrons. The molecule has 6 rings (SSSR count). The zero-order valence-electron chi connectivity index (χ0n) is 24.0. The number of hydrogen-bond donors (Lipinski definition) is 3. The third kappa shape index (κ3) is 6.31. The van der Waals surface area contributed by atoms with Gasteiger partial charge < -0.3 is 25.6 Å². The van der Waals surface area contributed by atoms with Crippen molar-refractivity contribution in [2.45, 2.75) is 63.7 Å². The number of halogens is 1. The predicted molar refractivity (Wildman–Crippen MR) is 156 cm³/mol. The average Bonchev–Trinajstić information content (AvgIpc) is 3.30. The number of ether oxygens (including phenoxy) is 2. The molecule has 1 aromatic carbocycles. The van der Waals surface area contributed by atoms with Crippen LogP contribution in [0.4, 0.5) is 4.39 Å². The lowest BCUT2D eigenvalue weighted by molar-refractivity contribution is -0.126. The summed E-state index contributed by atoms with van der Waals surface area (Å²) in [6.07, 6.45) is 6.91. The Kier molecular flexibility index (Phi) is 7.29. The molecule has 3 aromatic heterocycles. The standard InChI is InChI=1S/C32H34FN5O5/c1-31(2,41)18-42-22-7-9-26-20(16-35-38(26)17-22)11-29(39)36-21-12-32(13-21)14-23(15-32)43-27-10-19(6-8-24(27)30(34)40)25-4-3-5-28(33)37-25/h3-10,16-17,21,23,41H,11-15,18H2,1-2H3,(H2,34,40)(H,36,39). The Labute approximate surface area is 248 Å². The van der Waals surface area contributed by atoms with Crippen molar-refractivity contribution in [3.63, 3.8) is 0 Å². The Hall–Kier alpha value is -4.51. The summed E-state index contributed by atoms with van der Waals surface area (Å²) >= 11 is 0. The number of hydrogen-bond acceptors (Lipinski definition) is 7. The number of carbonyl (C=O) groups excluding carboxylic acids is 2. The molecule has 1 spiro atoms. The highest BCUT2D eigenvalue weighted by Crippen LogP contribution is 2.57. The van der Waals surface area contributed by atoms with Gasteiger partial charge in [0.05, 0.1) is 47.3 Å². The maximum atomic E-state index is 13.6. The van der Waals surface area contributed by atoms with E-state index in [0.29, 0.717) is 22.8 Å². The number of benzene rings is 1. The molecule has 2 saturated carbocycles. The molecule has 4 N–H and O–H groups in total. The van der Waals surface area contributed by atoms with Crippen molar-refractivity contribution in [1.82, 2.24) is 19.9 Å². The number of nitrogens with two attached hydrogens (primary N) is 1. The fraction of sp³-hybridized carbons (Fsp3) is 0.375. The molecule has 4 aromatic rings. The molecule has 2 fully saturated rings. The molecule has 3 heterocycles. The van der Waals surface area contributed by atoms with Gasteiger partial charge in [0.2, 0.25) is 11.9 Å². The smallest absolute Gasteiger partial charge is 0.252 e. The van der Waals surface area contributed by atoms with Crippen LogP contribution >= 0.6 is 0 Å². The molecule has 2 aliphatic carbocycles. The zero-order chi connectivity index (χ0) is 30.4. The van der Waals surface area contributed by atoms with Crippen molar-refractivity contribution < 1.29 is 28.6 Å². The van der Waals surface area contributed by atoms with E-state index in [9.17, 15) is 19.1 Å². The highest BCUT2D eigenvalue weighted by atomic mass is 19.1. The molecule has 0 unspecified atom stereocenters. The second kappa shape index (κ2) is 11.0. The summed E-state index contributed by atoms with van der Waals surface area (Å²) in [5.41, 5.74) is 7.72. The minimum absolute atomic E-state index is 0.0573. The molecule has 2 amide bonds. The van der Waals surface area contributed by atoms with Gasteiger partial charge in [-0.05, 0) is 81.3 Å². The average molecular weight is 588 g/mol. The first-order chi connectivity index (χ1) is 20.5. The largest absolute Gasteiger partial charge is 0.490 e. The van der Waals surface area contributed by atoms with Gasteiger partial charge in [0, 0.05) is 17.2 Å². The maximum absolute atomic E-state index is 13.6. The lowest BCUT2D eigenvalue weighted by Crippen LogP contribution is -2.59. The van der Waals surface area contributed by atoms with Crippen LogP contribution in [-0.2, 0) is 11.2 Å². The zero-order valence-corrected chi connectivity index (χ0v) is 24.0. The van der Waals surface area contributed by atoms with Gasteiger partial charge in [0.25, 0.3) is 5.91 Å². The minimum Gasteiger partial charge on any atom is -0.490 e. The van der Waals surface area contributed by atoms with E-state index in [1.165, 1.54) is 6.07 Å². The van der Waals surface area contributed by atoms with E-state index in [4.69, 9.17) is 15.2 Å². The van der Waals surface area contributed by atoms with Gasteiger partial charge in [-0.15, -0.1) is 0 Å². The van der Waals surface area contributed by atoms with Gasteiger partial charge in [-0.3, -0.25) is 9.59 Å². The fourth-order valence-electron chi connectivity index (χ4n) is 6.09. The number of fused-ring (bicyclic) bond motifs is 1. The molecule has 11 heteroatoms. The normalized spacial score (nSPS) is 21.2. The van der Waals surface area contributed by atoms with Crippen LogP contribution in [0.15, 0.2) is 60.9 Å². The summed E-state index contributed by atoms with van der Waals surface area (Å²) in [5.74, 6) is -0.297. The highest BCUT2D eigenvalue weighted by Gasteiger charge is 2.54. The molecule has 10 nitrogen and oxygen atoms in total. The van der Waals surface area contributed by atoms with Crippen molar-refractivity contribution in [2.75, 3.05) is 6.61 Å². The second-order valence-electron chi connectivity index (χ2n) is 12.4. The number of rotatable bonds is 10. The van der Waals surface area contributed by atoms with Crippen LogP contribution in [0.25, 0.3) is 16.8 Å². The number of aromatic nitrogens is 3. The topological polar surface area (TPSA) is 141 Å². The number of aliphatic hydroxyl groups is 1. The van der Waals surface area contributed by atoms with Gasteiger partial charge in [-0.2, -0.15) is 9.49 Å². The van der Waals surface area contributed by atoms with Crippen molar-refractivity contribution in [3.05, 3.63) is 78.0 Å². The third-order valence-corrected chi connectivity index (χ3v) is 8.11. The summed E-state index contributed by atoms with van der Waals surface area (Å²) in [7, 11) is 0. The van der Waals surface area contributed by atoms with Crippen LogP contribution in [0.3, 0.4) is 0 Å². The van der Waals surface area contributed by atoms with Crippen LogP contribution < -0.4 is 20.5 Å². The number of pyridine rings is 2. The lowest BCUT2D eigenvalue weighted by Gasteiger charge is -2.57. The van der Waals surface area contributed by atoms with Crippen molar-refractivity contribution >= 4 is 17.3 Å². The molecule has 2 aliphatic rings. The van der Waals surface area contributed by atoms with Crippen molar-refractivity contribution in [3.8, 4) is 22.8 Å². The first kappa shape index (κ1) is 28.6. The quantitative estimate of drug-likeness (QED) is 0.240. The lowest BCUT2D eigenvalue weighted by atomic mass is 9.53. The number of nitrogens with one attached hydrogen (secondary N) is 1.